The second-order valence-corrected chi connectivity index (χ2v) is 8.75. The molecule has 1 aliphatic heterocycles. The van der Waals surface area contributed by atoms with Gasteiger partial charge in [-0.3, -0.25) is 4.90 Å². The minimum atomic E-state index is 0.192. The number of aromatic nitrogens is 1. The van der Waals surface area contributed by atoms with Crippen LogP contribution in [0.15, 0.2) is 64.4 Å². The van der Waals surface area contributed by atoms with Crippen LogP contribution in [0.2, 0.25) is 0 Å². The van der Waals surface area contributed by atoms with Crippen molar-refractivity contribution in [3.8, 4) is 6.07 Å². The van der Waals surface area contributed by atoms with Crippen LogP contribution in [0.4, 0.5) is 5.88 Å². The highest BCUT2D eigenvalue weighted by Gasteiger charge is 2.24. The Bertz CT molecular complexity index is 1220. The molecule has 162 valence electrons. The Balaban J connectivity index is 1.35. The molecule has 1 atom stereocenters. The predicted octanol–water partition coefficient (Wildman–Crippen LogP) is 4.84. The molecule has 0 saturated carbocycles. The van der Waals surface area contributed by atoms with Crippen molar-refractivity contribution >= 4 is 28.0 Å². The van der Waals surface area contributed by atoms with Crippen LogP contribution in [0, 0.1) is 11.3 Å². The van der Waals surface area contributed by atoms with Gasteiger partial charge in [0.1, 0.15) is 6.07 Å². The maximum Gasteiger partial charge on any atom is 0.232 e. The van der Waals surface area contributed by atoms with Crippen LogP contribution >= 0.6 is 11.3 Å². The van der Waals surface area contributed by atoms with Gasteiger partial charge in [0, 0.05) is 24.5 Å². The summed E-state index contributed by atoms with van der Waals surface area (Å²) in [7, 11) is 0. The van der Waals surface area contributed by atoms with E-state index in [1.807, 2.05) is 18.2 Å². The Morgan fingerprint density at radius 2 is 1.94 bits per heavy atom. The summed E-state index contributed by atoms with van der Waals surface area (Å²) in [6.45, 7) is 3.89. The Kier molecular flexibility index (Phi) is 6.17. The molecule has 7 heteroatoms. The zero-order chi connectivity index (χ0) is 21.8. The monoisotopic (exact) mass is 444 g/mol. The van der Waals surface area contributed by atoms with E-state index >= 15 is 0 Å². The Morgan fingerprint density at radius 1 is 1.09 bits per heavy atom. The lowest BCUT2D eigenvalue weighted by Gasteiger charge is -2.34. The second-order valence-electron chi connectivity index (χ2n) is 7.77. The zero-order valence-electron chi connectivity index (χ0n) is 17.7. The number of nitrogens with zero attached hydrogens (tertiary/aromatic N) is 3. The standard InChI is InChI=1S/C25H24N4O2S/c26-16-21-25(27-17-22(23-9-4-14-32-23)29-10-12-30-13-11-29)31-24(28-21)15-19-7-3-6-18-5-1-2-8-20(18)19/h1-9,14,22,27H,10-13,15,17H2/t22-/m0/s1. The molecule has 0 bridgehead atoms. The normalized spacial score (nSPS) is 15.5. The molecule has 2 aromatic carbocycles. The molecular weight excluding hydrogens is 420 g/mol. The fourth-order valence-electron chi connectivity index (χ4n) is 4.21. The van der Waals surface area contributed by atoms with Gasteiger partial charge in [0.2, 0.25) is 17.5 Å². The molecule has 1 N–H and O–H groups in total. The van der Waals surface area contributed by atoms with Crippen LogP contribution in [-0.4, -0.2) is 42.7 Å². The largest absolute Gasteiger partial charge is 0.423 e. The Labute approximate surface area is 191 Å². The highest BCUT2D eigenvalue weighted by molar-refractivity contribution is 7.10. The third-order valence-electron chi connectivity index (χ3n) is 5.81. The van der Waals surface area contributed by atoms with Gasteiger partial charge in [-0.2, -0.15) is 5.26 Å². The van der Waals surface area contributed by atoms with Crippen LogP contribution in [-0.2, 0) is 11.2 Å². The van der Waals surface area contributed by atoms with Gasteiger partial charge in [0.25, 0.3) is 0 Å². The lowest BCUT2D eigenvalue weighted by Crippen LogP contribution is -2.41. The van der Waals surface area contributed by atoms with Crippen molar-refractivity contribution < 1.29 is 9.15 Å². The van der Waals surface area contributed by atoms with Gasteiger partial charge < -0.3 is 14.5 Å². The number of hydrogen-bond acceptors (Lipinski definition) is 7. The highest BCUT2D eigenvalue weighted by atomic mass is 32.1. The lowest BCUT2D eigenvalue weighted by atomic mass is 10.0. The molecule has 3 heterocycles. The Morgan fingerprint density at radius 3 is 2.75 bits per heavy atom. The van der Waals surface area contributed by atoms with Crippen molar-refractivity contribution in [2.75, 3.05) is 38.2 Å². The smallest absolute Gasteiger partial charge is 0.232 e. The van der Waals surface area contributed by atoms with Crippen molar-refractivity contribution in [3.63, 3.8) is 0 Å². The molecule has 1 aliphatic rings. The van der Waals surface area contributed by atoms with Gasteiger partial charge >= 0.3 is 0 Å². The first-order valence-corrected chi connectivity index (χ1v) is 11.7. The molecule has 6 nitrogen and oxygen atoms in total. The van der Waals surface area contributed by atoms with Crippen LogP contribution in [0.5, 0.6) is 0 Å². The summed E-state index contributed by atoms with van der Waals surface area (Å²) >= 11 is 1.74. The van der Waals surface area contributed by atoms with E-state index in [-0.39, 0.29) is 6.04 Å². The minimum absolute atomic E-state index is 0.192. The van der Waals surface area contributed by atoms with E-state index in [0.717, 1.165) is 31.9 Å². The summed E-state index contributed by atoms with van der Waals surface area (Å²) in [6, 6.07) is 21.1. The number of nitriles is 1. The molecule has 5 rings (SSSR count). The summed E-state index contributed by atoms with van der Waals surface area (Å²) in [5.74, 6) is 0.983. The topological polar surface area (TPSA) is 74.3 Å². The maximum absolute atomic E-state index is 9.63. The first kappa shape index (κ1) is 20.7. The molecule has 4 aromatic rings. The number of rotatable bonds is 7. The molecule has 1 saturated heterocycles. The summed E-state index contributed by atoms with van der Waals surface area (Å²) < 4.78 is 11.6. The predicted molar refractivity (Wildman–Crippen MR) is 126 cm³/mol. The van der Waals surface area contributed by atoms with Gasteiger partial charge in [0.05, 0.1) is 25.7 Å². The van der Waals surface area contributed by atoms with E-state index in [1.165, 1.54) is 15.6 Å². The lowest BCUT2D eigenvalue weighted by molar-refractivity contribution is 0.0193. The van der Waals surface area contributed by atoms with Crippen LogP contribution in [0.3, 0.4) is 0 Å². The van der Waals surface area contributed by atoms with Crippen molar-refractivity contribution in [3.05, 3.63) is 82.0 Å². The van der Waals surface area contributed by atoms with Gasteiger partial charge in [-0.1, -0.05) is 48.5 Å². The first-order chi connectivity index (χ1) is 15.8. The SMILES string of the molecule is N#Cc1nc(Cc2cccc3ccccc23)oc1NC[C@@H](c1cccs1)N1CCOCC1. The van der Waals surface area contributed by atoms with Gasteiger partial charge in [-0.05, 0) is 27.8 Å². The van der Waals surface area contributed by atoms with Crippen LogP contribution in [0.25, 0.3) is 10.8 Å². The number of hydrogen-bond donors (Lipinski definition) is 1. The van der Waals surface area contributed by atoms with E-state index < -0.39 is 0 Å². The van der Waals surface area contributed by atoms with E-state index in [1.54, 1.807) is 11.3 Å². The molecule has 0 amide bonds. The Hall–Kier alpha value is -3.18. The zero-order valence-corrected chi connectivity index (χ0v) is 18.5. The highest BCUT2D eigenvalue weighted by Crippen LogP contribution is 2.28. The second kappa shape index (κ2) is 9.53. The third kappa shape index (κ3) is 4.39. The van der Waals surface area contributed by atoms with Crippen molar-refractivity contribution in [2.24, 2.45) is 0 Å². The van der Waals surface area contributed by atoms with E-state index in [2.05, 4.69) is 63.0 Å². The molecule has 1 fully saturated rings. The molecule has 32 heavy (non-hydrogen) atoms. The van der Waals surface area contributed by atoms with Gasteiger partial charge in [-0.25, -0.2) is 4.98 Å². The number of anilines is 1. The quantitative estimate of drug-likeness (QED) is 0.440. The number of fused-ring (bicyclic) bond motifs is 1. The van der Waals surface area contributed by atoms with Crippen molar-refractivity contribution in [1.29, 1.82) is 5.26 Å². The number of morpholine rings is 1. The van der Waals surface area contributed by atoms with E-state index in [4.69, 9.17) is 9.15 Å². The summed E-state index contributed by atoms with van der Waals surface area (Å²) in [4.78, 5) is 8.17. The summed E-state index contributed by atoms with van der Waals surface area (Å²) in [5, 5.41) is 17.4. The summed E-state index contributed by atoms with van der Waals surface area (Å²) in [5.41, 5.74) is 1.43. The molecular formula is C25H24N4O2S. The van der Waals surface area contributed by atoms with Crippen molar-refractivity contribution in [1.82, 2.24) is 9.88 Å². The molecule has 0 unspecified atom stereocenters. The number of nitrogens with one attached hydrogen (secondary N) is 1. The number of benzene rings is 2. The minimum Gasteiger partial charge on any atom is -0.423 e. The average Bonchev–Trinajstić information content (AvgIpc) is 3.50. The fourth-order valence-corrected chi connectivity index (χ4v) is 5.08. The van der Waals surface area contributed by atoms with E-state index in [0.29, 0.717) is 30.4 Å². The van der Waals surface area contributed by atoms with Crippen molar-refractivity contribution in [2.45, 2.75) is 12.5 Å². The third-order valence-corrected chi connectivity index (χ3v) is 6.79. The first-order valence-electron chi connectivity index (χ1n) is 10.8. The molecule has 0 spiro atoms. The van der Waals surface area contributed by atoms with E-state index in [9.17, 15) is 5.26 Å². The van der Waals surface area contributed by atoms with Gasteiger partial charge in [-0.15, -0.1) is 11.3 Å². The number of oxazole rings is 1. The van der Waals surface area contributed by atoms with Crippen LogP contribution < -0.4 is 5.32 Å². The average molecular weight is 445 g/mol. The molecule has 0 radical (unpaired) electrons. The number of thiophene rings is 1. The summed E-state index contributed by atoms with van der Waals surface area (Å²) in [6.07, 6.45) is 0.537. The number of ether oxygens (including phenoxy) is 1. The molecule has 0 aliphatic carbocycles. The molecule has 2 aromatic heterocycles. The fraction of sp³-hybridized carbons (Fsp3) is 0.280. The maximum atomic E-state index is 9.63. The van der Waals surface area contributed by atoms with Crippen LogP contribution in [0.1, 0.15) is 28.1 Å². The van der Waals surface area contributed by atoms with Gasteiger partial charge in [0.15, 0.2) is 0 Å².